The van der Waals surface area contributed by atoms with Crippen molar-refractivity contribution in [2.24, 2.45) is 0 Å². The summed E-state index contributed by atoms with van der Waals surface area (Å²) in [4.78, 5) is 14.9. The summed E-state index contributed by atoms with van der Waals surface area (Å²) in [7, 11) is 0. The maximum Gasteiger partial charge on any atom is 0.233 e. The first-order valence-electron chi connectivity index (χ1n) is 9.61. The van der Waals surface area contributed by atoms with Crippen molar-refractivity contribution in [2.75, 3.05) is 13.1 Å². The van der Waals surface area contributed by atoms with Gasteiger partial charge in [0.1, 0.15) is 6.10 Å². The third-order valence-electron chi connectivity index (χ3n) is 5.12. The number of ether oxygens (including phenoxy) is 1. The van der Waals surface area contributed by atoms with E-state index in [1.807, 2.05) is 41.3 Å². The summed E-state index contributed by atoms with van der Waals surface area (Å²) in [6.07, 6.45) is 2.84. The largest absolute Gasteiger partial charge is 0.471 e. The zero-order valence-electron chi connectivity index (χ0n) is 15.6. The monoisotopic (exact) mass is 373 g/mol. The number of carbonyl (C=O) groups excluding carboxylic acids is 1. The van der Waals surface area contributed by atoms with E-state index in [-0.39, 0.29) is 17.9 Å². The van der Waals surface area contributed by atoms with Crippen LogP contribution in [0, 0.1) is 0 Å². The van der Waals surface area contributed by atoms with Crippen molar-refractivity contribution in [1.29, 1.82) is 0 Å². The van der Waals surface area contributed by atoms with Gasteiger partial charge in [-0.05, 0) is 17.2 Å². The minimum absolute atomic E-state index is 0.0347. The standard InChI is InChI=1S/C23H23N3O2/c27-23(26-15-13-20(17-26)28-22-12-7-14-24-25-22)16-21(18-8-3-1-4-9-18)19-10-5-2-6-11-19/h1-12,14,20-21H,13,15-17H2. The van der Waals surface area contributed by atoms with E-state index in [1.165, 1.54) is 0 Å². The van der Waals surface area contributed by atoms with Gasteiger partial charge in [0, 0.05) is 37.6 Å². The van der Waals surface area contributed by atoms with Crippen LogP contribution in [0.4, 0.5) is 0 Å². The second kappa shape index (κ2) is 8.65. The molecule has 1 atom stereocenters. The Hall–Kier alpha value is -3.21. The Balaban J connectivity index is 1.43. The number of hydrogen-bond acceptors (Lipinski definition) is 4. The SMILES string of the molecule is O=C(CC(c1ccccc1)c1ccccc1)N1CCC(Oc2cccnn2)C1. The molecule has 0 N–H and O–H groups in total. The van der Waals surface area contributed by atoms with Gasteiger partial charge in [0.25, 0.3) is 0 Å². The third-order valence-corrected chi connectivity index (χ3v) is 5.12. The van der Waals surface area contributed by atoms with Crippen LogP contribution in [0.15, 0.2) is 79.0 Å². The van der Waals surface area contributed by atoms with Crippen molar-refractivity contribution in [1.82, 2.24) is 15.1 Å². The molecule has 0 spiro atoms. The van der Waals surface area contributed by atoms with E-state index in [4.69, 9.17) is 4.74 Å². The molecular formula is C23H23N3O2. The molecule has 1 unspecified atom stereocenters. The Kier molecular flexibility index (Phi) is 5.61. The zero-order chi connectivity index (χ0) is 19.2. The van der Waals surface area contributed by atoms with Gasteiger partial charge >= 0.3 is 0 Å². The van der Waals surface area contributed by atoms with Crippen LogP contribution in [0.25, 0.3) is 0 Å². The molecule has 0 bridgehead atoms. The number of nitrogens with zero attached hydrogens (tertiary/aromatic N) is 3. The van der Waals surface area contributed by atoms with E-state index in [9.17, 15) is 4.79 Å². The smallest absolute Gasteiger partial charge is 0.233 e. The van der Waals surface area contributed by atoms with Gasteiger partial charge in [-0.2, -0.15) is 5.10 Å². The molecule has 5 nitrogen and oxygen atoms in total. The van der Waals surface area contributed by atoms with E-state index < -0.39 is 0 Å². The van der Waals surface area contributed by atoms with Gasteiger partial charge in [0.2, 0.25) is 11.8 Å². The fourth-order valence-electron chi connectivity index (χ4n) is 3.67. The van der Waals surface area contributed by atoms with Crippen molar-refractivity contribution in [3.8, 4) is 5.88 Å². The van der Waals surface area contributed by atoms with Gasteiger partial charge < -0.3 is 9.64 Å². The molecule has 3 aromatic rings. The molecule has 1 fully saturated rings. The molecule has 5 heteroatoms. The first-order chi connectivity index (χ1) is 13.8. The predicted molar refractivity (Wildman–Crippen MR) is 107 cm³/mol. The Morgan fingerprint density at radius 2 is 1.68 bits per heavy atom. The van der Waals surface area contributed by atoms with Crippen molar-refractivity contribution in [3.63, 3.8) is 0 Å². The second-order valence-electron chi connectivity index (χ2n) is 7.01. The second-order valence-corrected chi connectivity index (χ2v) is 7.01. The van der Waals surface area contributed by atoms with E-state index in [1.54, 1.807) is 18.3 Å². The quantitative estimate of drug-likeness (QED) is 0.661. The lowest BCUT2D eigenvalue weighted by Crippen LogP contribution is -2.32. The number of amides is 1. The fourth-order valence-corrected chi connectivity index (χ4v) is 3.67. The summed E-state index contributed by atoms with van der Waals surface area (Å²) in [5.74, 6) is 0.714. The van der Waals surface area contributed by atoms with Crippen molar-refractivity contribution in [3.05, 3.63) is 90.1 Å². The van der Waals surface area contributed by atoms with Gasteiger partial charge in [-0.15, -0.1) is 5.10 Å². The predicted octanol–water partition coefficient (Wildman–Crippen LogP) is 3.68. The highest BCUT2D eigenvalue weighted by atomic mass is 16.5. The molecule has 28 heavy (non-hydrogen) atoms. The number of benzene rings is 2. The minimum Gasteiger partial charge on any atom is -0.471 e. The lowest BCUT2D eigenvalue weighted by Gasteiger charge is -2.22. The molecule has 1 aromatic heterocycles. The average molecular weight is 373 g/mol. The molecule has 0 radical (unpaired) electrons. The van der Waals surface area contributed by atoms with Crippen molar-refractivity contribution in [2.45, 2.75) is 24.9 Å². The van der Waals surface area contributed by atoms with E-state index in [0.717, 1.165) is 17.5 Å². The summed E-state index contributed by atoms with van der Waals surface area (Å²) in [6, 6.07) is 24.1. The summed E-state index contributed by atoms with van der Waals surface area (Å²) in [5, 5.41) is 7.80. The molecule has 1 saturated heterocycles. The number of rotatable bonds is 6. The van der Waals surface area contributed by atoms with Crippen LogP contribution in [-0.4, -0.2) is 40.2 Å². The van der Waals surface area contributed by atoms with E-state index in [2.05, 4.69) is 34.5 Å². The van der Waals surface area contributed by atoms with Gasteiger partial charge in [-0.25, -0.2) is 0 Å². The Labute approximate surface area is 165 Å². The Bertz CT molecular complexity index is 848. The Morgan fingerprint density at radius 3 is 2.29 bits per heavy atom. The fraction of sp³-hybridized carbons (Fsp3) is 0.261. The highest BCUT2D eigenvalue weighted by Gasteiger charge is 2.30. The number of carbonyl (C=O) groups is 1. The summed E-state index contributed by atoms with van der Waals surface area (Å²) in [6.45, 7) is 1.30. The maximum atomic E-state index is 13.0. The van der Waals surface area contributed by atoms with Crippen LogP contribution >= 0.6 is 0 Å². The summed E-state index contributed by atoms with van der Waals surface area (Å²) >= 11 is 0. The summed E-state index contributed by atoms with van der Waals surface area (Å²) in [5.41, 5.74) is 2.32. The van der Waals surface area contributed by atoms with E-state index in [0.29, 0.717) is 25.4 Å². The first kappa shape index (κ1) is 18.2. The van der Waals surface area contributed by atoms with Gasteiger partial charge in [-0.3, -0.25) is 4.79 Å². The molecule has 1 aliphatic heterocycles. The number of aromatic nitrogens is 2. The highest BCUT2D eigenvalue weighted by molar-refractivity contribution is 5.78. The van der Waals surface area contributed by atoms with Crippen LogP contribution in [-0.2, 0) is 4.79 Å². The molecule has 2 heterocycles. The lowest BCUT2D eigenvalue weighted by atomic mass is 9.88. The molecule has 1 amide bonds. The highest BCUT2D eigenvalue weighted by Crippen LogP contribution is 2.29. The number of hydrogen-bond donors (Lipinski definition) is 0. The third kappa shape index (κ3) is 4.36. The number of likely N-dealkylation sites (tertiary alicyclic amines) is 1. The zero-order valence-corrected chi connectivity index (χ0v) is 15.6. The molecular weight excluding hydrogens is 350 g/mol. The van der Waals surface area contributed by atoms with Crippen LogP contribution in [0.1, 0.15) is 29.9 Å². The maximum absolute atomic E-state index is 13.0. The lowest BCUT2D eigenvalue weighted by molar-refractivity contribution is -0.130. The van der Waals surface area contributed by atoms with Crippen LogP contribution in [0.2, 0.25) is 0 Å². The minimum atomic E-state index is -0.0347. The Morgan fingerprint density at radius 1 is 1.00 bits per heavy atom. The van der Waals surface area contributed by atoms with Gasteiger partial charge in [0.05, 0.1) is 6.54 Å². The van der Waals surface area contributed by atoms with Crippen LogP contribution in [0.3, 0.4) is 0 Å². The van der Waals surface area contributed by atoms with Gasteiger partial charge in [-0.1, -0.05) is 60.7 Å². The van der Waals surface area contributed by atoms with Gasteiger partial charge in [0.15, 0.2) is 0 Å². The topological polar surface area (TPSA) is 55.3 Å². The summed E-state index contributed by atoms with van der Waals surface area (Å²) < 4.78 is 5.86. The van der Waals surface area contributed by atoms with Crippen molar-refractivity contribution < 1.29 is 9.53 Å². The first-order valence-corrected chi connectivity index (χ1v) is 9.61. The molecule has 142 valence electrons. The molecule has 4 rings (SSSR count). The molecule has 0 aliphatic carbocycles. The average Bonchev–Trinajstić information content (AvgIpc) is 3.22. The van der Waals surface area contributed by atoms with Crippen LogP contribution < -0.4 is 4.74 Å². The van der Waals surface area contributed by atoms with Crippen molar-refractivity contribution >= 4 is 5.91 Å². The molecule has 0 saturated carbocycles. The van der Waals surface area contributed by atoms with Crippen LogP contribution in [0.5, 0.6) is 5.88 Å². The van der Waals surface area contributed by atoms with E-state index >= 15 is 0 Å². The molecule has 2 aromatic carbocycles. The normalized spacial score (nSPS) is 16.3. The molecule has 1 aliphatic rings.